The number of aliphatic hydroxyl groups is 1. The molecule has 1 aromatic rings. The van der Waals surface area contributed by atoms with Gasteiger partial charge >= 0.3 is 0 Å². The molecule has 0 radical (unpaired) electrons. The molecule has 0 aliphatic heterocycles. The highest BCUT2D eigenvalue weighted by molar-refractivity contribution is 5.50. The van der Waals surface area contributed by atoms with Crippen LogP contribution in [0.3, 0.4) is 0 Å². The van der Waals surface area contributed by atoms with Crippen LogP contribution in [0, 0.1) is 0 Å². The van der Waals surface area contributed by atoms with Gasteiger partial charge in [-0.05, 0) is 24.1 Å². The van der Waals surface area contributed by atoms with Crippen molar-refractivity contribution in [3.8, 4) is 11.5 Å². The first kappa shape index (κ1) is 13.3. The number of ether oxygens (including phenoxy) is 2. The van der Waals surface area contributed by atoms with Crippen molar-refractivity contribution in [1.82, 2.24) is 0 Å². The molecule has 0 saturated carbocycles. The van der Waals surface area contributed by atoms with Gasteiger partial charge in [0.2, 0.25) is 0 Å². The van der Waals surface area contributed by atoms with E-state index in [0.29, 0.717) is 24.5 Å². The van der Waals surface area contributed by atoms with Crippen LogP contribution >= 0.6 is 0 Å². The smallest absolute Gasteiger partial charge is 0.165 e. The van der Waals surface area contributed by atoms with Crippen LogP contribution < -0.4 is 9.47 Å². The normalized spacial score (nSPS) is 9.76. The fourth-order valence-electron chi connectivity index (χ4n) is 1.58. The number of methoxy groups -OCH3 is 1. The van der Waals surface area contributed by atoms with Crippen molar-refractivity contribution in [1.29, 1.82) is 0 Å². The largest absolute Gasteiger partial charge is 0.493 e. The van der Waals surface area contributed by atoms with Gasteiger partial charge in [0.05, 0.1) is 13.7 Å². The first-order valence-electron chi connectivity index (χ1n) is 5.42. The van der Waals surface area contributed by atoms with Crippen molar-refractivity contribution in [2.24, 2.45) is 0 Å². The number of benzene rings is 1. The molecule has 0 aromatic heterocycles. The fraction of sp³-hybridized carbons (Fsp3) is 0.286. The Balaban J connectivity index is 3.18. The molecule has 92 valence electrons. The van der Waals surface area contributed by atoms with Gasteiger partial charge in [0.15, 0.2) is 11.5 Å². The highest BCUT2D eigenvalue weighted by atomic mass is 16.5. The van der Waals surface area contributed by atoms with Gasteiger partial charge in [-0.1, -0.05) is 18.7 Å². The molecule has 0 spiro atoms. The van der Waals surface area contributed by atoms with Crippen molar-refractivity contribution in [2.45, 2.75) is 13.0 Å². The zero-order valence-electron chi connectivity index (χ0n) is 10.1. The zero-order valence-corrected chi connectivity index (χ0v) is 10.1. The Kier molecular flexibility index (Phi) is 5.30. The second kappa shape index (κ2) is 6.76. The lowest BCUT2D eigenvalue weighted by molar-refractivity contribution is 0.279. The Morgan fingerprint density at radius 2 is 2.06 bits per heavy atom. The maximum Gasteiger partial charge on any atom is 0.165 e. The molecule has 17 heavy (non-hydrogen) atoms. The SMILES string of the molecule is C=CCOc1c(CC=C)cc(CO)cc1OC. The first-order valence-corrected chi connectivity index (χ1v) is 5.42. The van der Waals surface area contributed by atoms with Gasteiger partial charge in [-0.15, -0.1) is 6.58 Å². The van der Waals surface area contributed by atoms with Crippen molar-refractivity contribution < 1.29 is 14.6 Å². The minimum atomic E-state index is -0.0256. The van der Waals surface area contributed by atoms with E-state index < -0.39 is 0 Å². The minimum absolute atomic E-state index is 0.0256. The molecule has 3 nitrogen and oxygen atoms in total. The molecule has 0 atom stereocenters. The van der Waals surface area contributed by atoms with Gasteiger partial charge in [0, 0.05) is 5.56 Å². The first-order chi connectivity index (χ1) is 8.26. The Morgan fingerprint density at radius 3 is 2.59 bits per heavy atom. The van der Waals surface area contributed by atoms with Crippen molar-refractivity contribution in [3.63, 3.8) is 0 Å². The lowest BCUT2D eigenvalue weighted by Crippen LogP contribution is -2.01. The molecule has 0 bridgehead atoms. The Bertz CT molecular complexity index is 397. The van der Waals surface area contributed by atoms with Gasteiger partial charge in [0.1, 0.15) is 6.61 Å². The van der Waals surface area contributed by atoms with Crippen LogP contribution in [0.15, 0.2) is 37.4 Å². The zero-order chi connectivity index (χ0) is 12.7. The average molecular weight is 234 g/mol. The summed E-state index contributed by atoms with van der Waals surface area (Å²) in [6.07, 6.45) is 4.13. The molecule has 1 N–H and O–H groups in total. The van der Waals surface area contributed by atoms with Crippen LogP contribution in [-0.2, 0) is 13.0 Å². The van der Waals surface area contributed by atoms with Gasteiger partial charge in [0.25, 0.3) is 0 Å². The third-order valence-corrected chi connectivity index (χ3v) is 2.30. The average Bonchev–Trinajstić information content (AvgIpc) is 2.36. The van der Waals surface area contributed by atoms with Crippen LogP contribution in [0.25, 0.3) is 0 Å². The number of rotatable bonds is 7. The highest BCUT2D eigenvalue weighted by Gasteiger charge is 2.11. The molecule has 0 aliphatic rings. The predicted octanol–water partition coefficient (Wildman–Crippen LogP) is 2.48. The summed E-state index contributed by atoms with van der Waals surface area (Å²) in [5, 5.41) is 9.18. The molecule has 0 amide bonds. The molecule has 0 heterocycles. The van der Waals surface area contributed by atoms with Crippen LogP contribution in [0.2, 0.25) is 0 Å². The quantitative estimate of drug-likeness (QED) is 0.737. The summed E-state index contributed by atoms with van der Waals surface area (Å²) in [4.78, 5) is 0. The van der Waals surface area contributed by atoms with E-state index in [1.54, 1.807) is 25.3 Å². The number of hydrogen-bond donors (Lipinski definition) is 1. The topological polar surface area (TPSA) is 38.7 Å². The maximum absolute atomic E-state index is 9.18. The summed E-state index contributed by atoms with van der Waals surface area (Å²) in [7, 11) is 1.58. The van der Waals surface area contributed by atoms with E-state index in [9.17, 15) is 5.11 Å². The van der Waals surface area contributed by atoms with Crippen LogP contribution in [0.5, 0.6) is 11.5 Å². The molecular weight excluding hydrogens is 216 g/mol. The van der Waals surface area contributed by atoms with Crippen LogP contribution in [0.4, 0.5) is 0 Å². The summed E-state index contributed by atoms with van der Waals surface area (Å²) < 4.78 is 10.9. The Labute approximate surface area is 102 Å². The minimum Gasteiger partial charge on any atom is -0.493 e. The Morgan fingerprint density at radius 1 is 1.29 bits per heavy atom. The van der Waals surface area contributed by atoms with Crippen LogP contribution in [0.1, 0.15) is 11.1 Å². The second-order valence-corrected chi connectivity index (χ2v) is 3.54. The molecule has 1 aromatic carbocycles. The van der Waals surface area contributed by atoms with Gasteiger partial charge in [-0.25, -0.2) is 0 Å². The number of allylic oxidation sites excluding steroid dienone is 1. The standard InChI is InChI=1S/C14H18O3/c1-4-6-12-8-11(10-15)9-13(16-3)14(12)17-7-5-2/h4-5,8-9,15H,1-2,6-7,10H2,3H3. The summed E-state index contributed by atoms with van der Waals surface area (Å²) in [5.41, 5.74) is 1.75. The lowest BCUT2D eigenvalue weighted by atomic mass is 10.1. The maximum atomic E-state index is 9.18. The number of aliphatic hydroxyl groups excluding tert-OH is 1. The summed E-state index contributed by atoms with van der Waals surface area (Å²) >= 11 is 0. The second-order valence-electron chi connectivity index (χ2n) is 3.54. The third-order valence-electron chi connectivity index (χ3n) is 2.30. The number of hydrogen-bond acceptors (Lipinski definition) is 3. The van der Waals surface area contributed by atoms with Gasteiger partial charge in [-0.3, -0.25) is 0 Å². The van der Waals surface area contributed by atoms with Gasteiger partial charge in [-0.2, -0.15) is 0 Å². The summed E-state index contributed by atoms with van der Waals surface area (Å²) in [6.45, 7) is 7.71. The van der Waals surface area contributed by atoms with E-state index in [2.05, 4.69) is 13.2 Å². The summed E-state index contributed by atoms with van der Waals surface area (Å²) in [6, 6.07) is 3.66. The van der Waals surface area contributed by atoms with Crippen molar-refractivity contribution >= 4 is 0 Å². The predicted molar refractivity (Wildman–Crippen MR) is 68.5 cm³/mol. The van der Waals surface area contributed by atoms with Crippen LogP contribution in [-0.4, -0.2) is 18.8 Å². The van der Waals surface area contributed by atoms with Crippen molar-refractivity contribution in [2.75, 3.05) is 13.7 Å². The fourth-order valence-corrected chi connectivity index (χ4v) is 1.58. The Hall–Kier alpha value is -1.74. The van der Waals surface area contributed by atoms with E-state index in [-0.39, 0.29) is 6.61 Å². The molecule has 0 aliphatic carbocycles. The highest BCUT2D eigenvalue weighted by Crippen LogP contribution is 2.33. The molecular formula is C14H18O3. The monoisotopic (exact) mass is 234 g/mol. The third kappa shape index (κ3) is 3.36. The van der Waals surface area contributed by atoms with E-state index in [1.807, 2.05) is 6.07 Å². The lowest BCUT2D eigenvalue weighted by Gasteiger charge is -2.15. The van der Waals surface area contributed by atoms with E-state index in [1.165, 1.54) is 0 Å². The van der Waals surface area contributed by atoms with Crippen molar-refractivity contribution in [3.05, 3.63) is 48.6 Å². The van der Waals surface area contributed by atoms with Gasteiger partial charge < -0.3 is 14.6 Å². The summed E-state index contributed by atoms with van der Waals surface area (Å²) in [5.74, 6) is 1.31. The van der Waals surface area contributed by atoms with E-state index >= 15 is 0 Å². The van der Waals surface area contributed by atoms with E-state index in [4.69, 9.17) is 9.47 Å². The molecule has 0 unspecified atom stereocenters. The molecule has 1 rings (SSSR count). The molecule has 0 fully saturated rings. The molecule has 0 saturated heterocycles. The van der Waals surface area contributed by atoms with E-state index in [0.717, 1.165) is 11.1 Å². The molecule has 3 heteroatoms.